The van der Waals surface area contributed by atoms with Gasteiger partial charge in [-0.05, 0) is 68.3 Å². The molecule has 0 fully saturated rings. The van der Waals surface area contributed by atoms with Gasteiger partial charge in [-0.15, -0.1) is 0 Å². The molecule has 40 heavy (non-hydrogen) atoms. The molecule has 0 aliphatic rings. The van der Waals surface area contributed by atoms with Gasteiger partial charge >= 0.3 is 0 Å². The molecule has 0 aliphatic carbocycles. The van der Waals surface area contributed by atoms with Gasteiger partial charge < -0.3 is 10.2 Å². The van der Waals surface area contributed by atoms with Crippen molar-refractivity contribution in [2.45, 2.75) is 51.1 Å². The maximum Gasteiger partial charge on any atom is 0.264 e. The summed E-state index contributed by atoms with van der Waals surface area (Å²) in [5.41, 5.74) is 1.52. The predicted molar refractivity (Wildman–Crippen MR) is 157 cm³/mol. The average molecular weight is 609 g/mol. The molecule has 3 aromatic carbocycles. The lowest BCUT2D eigenvalue weighted by Crippen LogP contribution is -2.51. The van der Waals surface area contributed by atoms with E-state index in [1.54, 1.807) is 19.1 Å². The molecule has 11 heteroatoms. The molecule has 0 spiro atoms. The molecule has 0 aromatic heterocycles. The average Bonchev–Trinajstić information content (AvgIpc) is 2.90. The number of carbonyl (C=O) groups excluding carboxylic acids is 2. The highest BCUT2D eigenvalue weighted by molar-refractivity contribution is 7.92. The number of anilines is 1. The normalized spacial score (nSPS) is 12.1. The van der Waals surface area contributed by atoms with Crippen LogP contribution in [-0.2, 0) is 26.2 Å². The summed E-state index contributed by atoms with van der Waals surface area (Å²) in [5, 5.41) is 3.19. The van der Waals surface area contributed by atoms with Crippen molar-refractivity contribution in [1.29, 1.82) is 0 Å². The lowest BCUT2D eigenvalue weighted by molar-refractivity contribution is -0.139. The number of hydrogen-bond donors (Lipinski definition) is 1. The number of aryl methyl sites for hydroxylation is 1. The standard InChI is InChI=1S/C29H32Cl2FN3O4S/c1-4-5-14-33-29(37)21(3)34(18-22-8-10-25(32)11-9-22)28(36)19-35(26-16-23(30)15-24(31)17-26)40(38,39)27-12-6-20(2)7-13-27/h6-13,15-17,21H,4-5,14,18-19H2,1-3H3,(H,33,37)/t21-/m1/s1. The summed E-state index contributed by atoms with van der Waals surface area (Å²) >= 11 is 12.4. The Morgan fingerprint density at radius 1 is 0.975 bits per heavy atom. The number of nitrogens with zero attached hydrogens (tertiary/aromatic N) is 2. The van der Waals surface area contributed by atoms with Crippen molar-refractivity contribution >= 4 is 50.7 Å². The van der Waals surface area contributed by atoms with Gasteiger partial charge in [0.15, 0.2) is 0 Å². The lowest BCUT2D eigenvalue weighted by Gasteiger charge is -2.32. The van der Waals surface area contributed by atoms with E-state index < -0.39 is 34.3 Å². The summed E-state index contributed by atoms with van der Waals surface area (Å²) in [4.78, 5) is 28.1. The van der Waals surface area contributed by atoms with Crippen LogP contribution in [0.25, 0.3) is 0 Å². The number of rotatable bonds is 12. The largest absolute Gasteiger partial charge is 0.354 e. The Morgan fingerprint density at radius 3 is 2.15 bits per heavy atom. The van der Waals surface area contributed by atoms with Crippen LogP contribution < -0.4 is 9.62 Å². The van der Waals surface area contributed by atoms with Crippen LogP contribution in [0.1, 0.15) is 37.8 Å². The minimum atomic E-state index is -4.26. The van der Waals surface area contributed by atoms with E-state index in [1.165, 1.54) is 59.5 Å². The van der Waals surface area contributed by atoms with Crippen molar-refractivity contribution in [3.05, 3.63) is 93.7 Å². The highest BCUT2D eigenvalue weighted by Crippen LogP contribution is 2.30. The minimum Gasteiger partial charge on any atom is -0.354 e. The molecular weight excluding hydrogens is 576 g/mol. The number of unbranched alkanes of at least 4 members (excludes halogenated alkanes) is 1. The van der Waals surface area contributed by atoms with Gasteiger partial charge in [-0.2, -0.15) is 0 Å². The van der Waals surface area contributed by atoms with E-state index in [0.717, 1.165) is 22.7 Å². The van der Waals surface area contributed by atoms with Crippen molar-refractivity contribution in [1.82, 2.24) is 10.2 Å². The van der Waals surface area contributed by atoms with Crippen LogP contribution in [0, 0.1) is 12.7 Å². The highest BCUT2D eigenvalue weighted by atomic mass is 35.5. The smallest absolute Gasteiger partial charge is 0.264 e. The molecule has 3 rings (SSSR count). The van der Waals surface area contributed by atoms with E-state index in [4.69, 9.17) is 23.2 Å². The first-order valence-electron chi connectivity index (χ1n) is 12.8. The number of nitrogens with one attached hydrogen (secondary N) is 1. The maximum absolute atomic E-state index is 13.9. The van der Waals surface area contributed by atoms with E-state index in [2.05, 4.69) is 5.32 Å². The fourth-order valence-corrected chi connectivity index (χ4v) is 5.87. The van der Waals surface area contributed by atoms with E-state index in [-0.39, 0.29) is 33.1 Å². The molecule has 0 radical (unpaired) electrons. The van der Waals surface area contributed by atoms with Gasteiger partial charge in [0.2, 0.25) is 11.8 Å². The molecule has 0 aliphatic heterocycles. The van der Waals surface area contributed by atoms with Crippen LogP contribution in [0.3, 0.4) is 0 Å². The summed E-state index contributed by atoms with van der Waals surface area (Å²) in [6, 6.07) is 15.1. The molecular formula is C29H32Cl2FN3O4S. The zero-order valence-electron chi connectivity index (χ0n) is 22.5. The number of carbonyl (C=O) groups is 2. The van der Waals surface area contributed by atoms with Gasteiger partial charge in [0.1, 0.15) is 18.4 Å². The Morgan fingerprint density at radius 2 is 1.57 bits per heavy atom. The molecule has 0 bridgehead atoms. The first-order chi connectivity index (χ1) is 18.9. The number of halogens is 3. The van der Waals surface area contributed by atoms with Gasteiger partial charge in [0.25, 0.3) is 10.0 Å². The lowest BCUT2D eigenvalue weighted by atomic mass is 10.1. The summed E-state index contributed by atoms with van der Waals surface area (Å²) in [6.45, 7) is 5.14. The van der Waals surface area contributed by atoms with E-state index >= 15 is 0 Å². The number of hydrogen-bond acceptors (Lipinski definition) is 4. The van der Waals surface area contributed by atoms with Gasteiger partial charge in [0.05, 0.1) is 10.6 Å². The van der Waals surface area contributed by atoms with Crippen molar-refractivity contribution in [2.24, 2.45) is 0 Å². The third kappa shape index (κ3) is 8.19. The second kappa shape index (κ2) is 14.0. The summed E-state index contributed by atoms with van der Waals surface area (Å²) in [6.07, 6.45) is 1.64. The maximum atomic E-state index is 13.9. The molecule has 3 aromatic rings. The van der Waals surface area contributed by atoms with Crippen LogP contribution in [0.2, 0.25) is 10.0 Å². The number of benzene rings is 3. The molecule has 0 unspecified atom stereocenters. The molecule has 2 amide bonds. The van der Waals surface area contributed by atoms with Crippen molar-refractivity contribution < 1.29 is 22.4 Å². The number of amides is 2. The van der Waals surface area contributed by atoms with Gasteiger partial charge in [-0.1, -0.05) is 66.4 Å². The first kappa shape index (κ1) is 31.4. The highest BCUT2D eigenvalue weighted by Gasteiger charge is 2.32. The number of sulfonamides is 1. The first-order valence-corrected chi connectivity index (χ1v) is 15.0. The van der Waals surface area contributed by atoms with E-state index in [9.17, 15) is 22.4 Å². The van der Waals surface area contributed by atoms with Crippen LogP contribution >= 0.6 is 23.2 Å². The summed E-state index contributed by atoms with van der Waals surface area (Å²) < 4.78 is 42.2. The Balaban J connectivity index is 2.03. The quantitative estimate of drug-likeness (QED) is 0.257. The third-order valence-corrected chi connectivity index (χ3v) is 8.51. The Labute approximate surface area is 244 Å². The van der Waals surface area contributed by atoms with E-state index in [0.29, 0.717) is 12.1 Å². The molecule has 7 nitrogen and oxygen atoms in total. The second-order valence-electron chi connectivity index (χ2n) is 9.42. The van der Waals surface area contributed by atoms with Crippen molar-refractivity contribution in [3.63, 3.8) is 0 Å². The Hall–Kier alpha value is -3.14. The molecule has 1 N–H and O–H groups in total. The summed E-state index contributed by atoms with van der Waals surface area (Å²) in [5.74, 6) is -1.47. The van der Waals surface area contributed by atoms with E-state index in [1.807, 2.05) is 13.8 Å². The fraction of sp³-hybridized carbons (Fsp3) is 0.310. The van der Waals surface area contributed by atoms with Crippen LogP contribution in [0.15, 0.2) is 71.6 Å². The van der Waals surface area contributed by atoms with Crippen LogP contribution in [-0.4, -0.2) is 44.3 Å². The van der Waals surface area contributed by atoms with Gasteiger partial charge in [0, 0.05) is 23.1 Å². The molecule has 0 heterocycles. The molecule has 0 saturated heterocycles. The second-order valence-corrected chi connectivity index (χ2v) is 12.2. The van der Waals surface area contributed by atoms with Crippen LogP contribution in [0.5, 0.6) is 0 Å². The van der Waals surface area contributed by atoms with Gasteiger partial charge in [-0.25, -0.2) is 12.8 Å². The molecule has 1 atom stereocenters. The topological polar surface area (TPSA) is 86.8 Å². The van der Waals surface area contributed by atoms with Crippen molar-refractivity contribution in [2.75, 3.05) is 17.4 Å². The fourth-order valence-electron chi connectivity index (χ4n) is 3.95. The molecule has 0 saturated carbocycles. The van der Waals surface area contributed by atoms with Gasteiger partial charge in [-0.3, -0.25) is 13.9 Å². The zero-order chi connectivity index (χ0) is 29.4. The van der Waals surface area contributed by atoms with Crippen molar-refractivity contribution in [3.8, 4) is 0 Å². The minimum absolute atomic E-state index is 0.0301. The monoisotopic (exact) mass is 607 g/mol. The summed E-state index contributed by atoms with van der Waals surface area (Å²) in [7, 11) is -4.26. The van der Waals surface area contributed by atoms with Crippen LogP contribution in [0.4, 0.5) is 10.1 Å². The third-order valence-electron chi connectivity index (χ3n) is 6.29. The zero-order valence-corrected chi connectivity index (χ0v) is 24.9. The Kier molecular flexibility index (Phi) is 11.0. The molecule has 214 valence electrons. The SMILES string of the molecule is CCCCNC(=O)[C@@H](C)N(Cc1ccc(F)cc1)C(=O)CN(c1cc(Cl)cc(Cl)c1)S(=O)(=O)c1ccc(C)cc1. The Bertz CT molecular complexity index is 1410. The predicted octanol–water partition coefficient (Wildman–Crippen LogP) is 5.97.